The van der Waals surface area contributed by atoms with Crippen molar-refractivity contribution in [2.45, 2.75) is 0 Å². The third kappa shape index (κ3) is 5.47. The van der Waals surface area contributed by atoms with Gasteiger partial charge >= 0.3 is 0 Å². The van der Waals surface area contributed by atoms with Gasteiger partial charge in [-0.25, -0.2) is 23.4 Å². The van der Waals surface area contributed by atoms with E-state index < -0.39 is 10.0 Å². The van der Waals surface area contributed by atoms with Crippen LogP contribution in [-0.4, -0.2) is 42.6 Å². The fourth-order valence-corrected chi connectivity index (χ4v) is 4.20. The van der Waals surface area contributed by atoms with Gasteiger partial charge in [0.15, 0.2) is 23.1 Å². The zero-order valence-corrected chi connectivity index (χ0v) is 19.7. The number of thiophene rings is 1. The highest BCUT2D eigenvalue weighted by Crippen LogP contribution is 2.40. The van der Waals surface area contributed by atoms with E-state index in [0.29, 0.717) is 11.5 Å². The smallest absolute Gasteiger partial charge is 0.263 e. The van der Waals surface area contributed by atoms with Gasteiger partial charge < -0.3 is 14.2 Å². The monoisotopic (exact) mass is 497 g/mol. The Morgan fingerprint density at radius 1 is 0.941 bits per heavy atom. The molecule has 0 saturated heterocycles. The Bertz CT molecular complexity index is 1390. The molecule has 0 bridgehead atoms. The number of anilines is 1. The second-order valence-electron chi connectivity index (χ2n) is 6.57. The second kappa shape index (κ2) is 10.3. The van der Waals surface area contributed by atoms with E-state index in [-0.39, 0.29) is 29.1 Å². The van der Waals surface area contributed by atoms with Crippen molar-refractivity contribution in [1.82, 2.24) is 19.9 Å². The molecule has 3 heterocycles. The second-order valence-corrected chi connectivity index (χ2v) is 8.91. The largest absolute Gasteiger partial charge is 0.493 e. The minimum Gasteiger partial charge on any atom is -0.493 e. The topological polar surface area (TPSA) is 125 Å². The number of sulfonamides is 1. The summed E-state index contributed by atoms with van der Waals surface area (Å²) >= 11 is 1.46. The molecule has 4 aromatic rings. The number of aromatic nitrogens is 4. The van der Waals surface area contributed by atoms with Gasteiger partial charge in [0.2, 0.25) is 11.6 Å². The van der Waals surface area contributed by atoms with E-state index in [1.54, 1.807) is 36.4 Å². The number of hydrogen-bond acceptors (Lipinski definition) is 10. The number of hydrogen-bond donors (Lipinski definition) is 1. The van der Waals surface area contributed by atoms with Crippen molar-refractivity contribution in [3.8, 4) is 34.8 Å². The first-order valence-corrected chi connectivity index (χ1v) is 12.3. The predicted octanol–water partition coefficient (Wildman–Crippen LogP) is 4.22. The van der Waals surface area contributed by atoms with E-state index in [0.717, 1.165) is 11.0 Å². The first kappa shape index (κ1) is 23.1. The van der Waals surface area contributed by atoms with Crippen molar-refractivity contribution < 1.29 is 22.6 Å². The summed E-state index contributed by atoms with van der Waals surface area (Å²) in [6.45, 7) is 0. The van der Waals surface area contributed by atoms with Crippen molar-refractivity contribution in [3.05, 3.63) is 70.5 Å². The molecule has 0 aliphatic heterocycles. The van der Waals surface area contributed by atoms with Crippen LogP contribution in [0.3, 0.4) is 0 Å². The van der Waals surface area contributed by atoms with Crippen molar-refractivity contribution in [1.29, 1.82) is 0 Å². The Hall–Kier alpha value is -4.03. The lowest BCUT2D eigenvalue weighted by Gasteiger charge is -2.16. The maximum Gasteiger partial charge on any atom is 0.263 e. The van der Waals surface area contributed by atoms with Crippen LogP contribution in [0.15, 0.2) is 65.0 Å². The lowest BCUT2D eigenvalue weighted by atomic mass is 10.3. The van der Waals surface area contributed by atoms with Crippen molar-refractivity contribution in [3.63, 3.8) is 0 Å². The number of para-hydroxylation sites is 2. The minimum atomic E-state index is -3.99. The summed E-state index contributed by atoms with van der Waals surface area (Å²) < 4.78 is 44.9. The van der Waals surface area contributed by atoms with Crippen LogP contribution >= 0.6 is 11.3 Å². The number of ether oxygens (including phenoxy) is 3. The molecule has 0 fully saturated rings. The van der Waals surface area contributed by atoms with E-state index >= 15 is 0 Å². The fraction of sp³-hybridized carbons (Fsp3) is 0.0909. The maximum atomic E-state index is 12.9. The van der Waals surface area contributed by atoms with Crippen molar-refractivity contribution in [2.75, 3.05) is 18.9 Å². The summed E-state index contributed by atoms with van der Waals surface area (Å²) in [5, 5.41) is 4.70. The van der Waals surface area contributed by atoms with Crippen LogP contribution < -0.4 is 18.9 Å². The molecule has 0 aliphatic rings. The van der Waals surface area contributed by atoms with E-state index in [2.05, 4.69) is 24.7 Å². The highest BCUT2D eigenvalue weighted by atomic mass is 32.2. The summed E-state index contributed by atoms with van der Waals surface area (Å²) in [5.41, 5.74) is 0.750. The van der Waals surface area contributed by atoms with Gasteiger partial charge in [-0.1, -0.05) is 12.1 Å². The molecule has 10 nitrogen and oxygen atoms in total. The van der Waals surface area contributed by atoms with Crippen LogP contribution in [0.25, 0.3) is 17.7 Å². The first-order chi connectivity index (χ1) is 16.5. The Kier molecular flexibility index (Phi) is 6.99. The molecule has 34 heavy (non-hydrogen) atoms. The molecule has 3 aromatic heterocycles. The molecule has 0 radical (unpaired) electrons. The van der Waals surface area contributed by atoms with Crippen molar-refractivity contribution >= 4 is 33.3 Å². The number of nitrogens with zero attached hydrogens (tertiary/aromatic N) is 4. The highest BCUT2D eigenvalue weighted by molar-refractivity contribution is 7.95. The zero-order valence-electron chi connectivity index (χ0n) is 18.1. The predicted molar refractivity (Wildman–Crippen MR) is 129 cm³/mol. The Morgan fingerprint density at radius 3 is 2.38 bits per heavy atom. The van der Waals surface area contributed by atoms with E-state index in [4.69, 9.17) is 14.2 Å². The Morgan fingerprint density at radius 2 is 1.71 bits per heavy atom. The van der Waals surface area contributed by atoms with Crippen LogP contribution in [0.2, 0.25) is 0 Å². The molecule has 0 unspecified atom stereocenters. The molecular formula is C22H19N5O5S2. The summed E-state index contributed by atoms with van der Waals surface area (Å²) in [6, 6.07) is 10.3. The average Bonchev–Trinajstić information content (AvgIpc) is 3.38. The summed E-state index contributed by atoms with van der Waals surface area (Å²) in [5.74, 6) is 0.719. The standard InChI is InChI=1S/C22H19N5O5S2/c1-30-16-6-3-4-7-17(16)32-18-19(27-34(28,29)13-9-15-8-12-33-14-15)25-21(26-22(18)31-2)20-23-10-5-11-24-20/h3-14H,1-2H3,(H,25,26,27)/b13-9+. The molecule has 0 atom stereocenters. The molecule has 0 saturated carbocycles. The zero-order chi connectivity index (χ0) is 24.0. The minimum absolute atomic E-state index is 0.0251. The average molecular weight is 498 g/mol. The number of benzene rings is 1. The van der Waals surface area contributed by atoms with Gasteiger partial charge in [-0.2, -0.15) is 16.3 Å². The quantitative estimate of drug-likeness (QED) is 0.362. The fourth-order valence-electron chi connectivity index (χ4n) is 2.76. The SMILES string of the molecule is COc1ccccc1Oc1c(NS(=O)(=O)/C=C/c2ccsc2)nc(-c2ncccn2)nc1OC. The normalized spacial score (nSPS) is 11.4. The van der Waals surface area contributed by atoms with Gasteiger partial charge in [0, 0.05) is 12.4 Å². The van der Waals surface area contributed by atoms with E-state index in [9.17, 15) is 8.42 Å². The van der Waals surface area contributed by atoms with Crippen molar-refractivity contribution in [2.24, 2.45) is 0 Å². The van der Waals surface area contributed by atoms with Crippen LogP contribution in [-0.2, 0) is 10.0 Å². The van der Waals surface area contributed by atoms with Crippen LogP contribution in [0, 0.1) is 0 Å². The van der Waals surface area contributed by atoms with Gasteiger partial charge in [-0.05, 0) is 46.7 Å². The Balaban J connectivity index is 1.80. The molecular weight excluding hydrogens is 478 g/mol. The summed E-state index contributed by atoms with van der Waals surface area (Å²) in [6.07, 6.45) is 4.51. The third-order valence-electron chi connectivity index (χ3n) is 4.30. The van der Waals surface area contributed by atoms with Gasteiger partial charge in [0.1, 0.15) is 0 Å². The molecule has 12 heteroatoms. The molecule has 0 amide bonds. The van der Waals surface area contributed by atoms with Crippen LogP contribution in [0.5, 0.6) is 23.1 Å². The molecule has 1 N–H and O–H groups in total. The van der Waals surface area contributed by atoms with E-state index in [1.807, 2.05) is 10.8 Å². The molecule has 0 aliphatic carbocycles. The van der Waals surface area contributed by atoms with Gasteiger partial charge in [-0.15, -0.1) is 0 Å². The van der Waals surface area contributed by atoms with Crippen LogP contribution in [0.4, 0.5) is 5.82 Å². The van der Waals surface area contributed by atoms with Gasteiger partial charge in [-0.3, -0.25) is 4.72 Å². The first-order valence-electron chi connectivity index (χ1n) is 9.76. The third-order valence-corrected chi connectivity index (χ3v) is 5.97. The highest BCUT2D eigenvalue weighted by Gasteiger charge is 2.23. The summed E-state index contributed by atoms with van der Waals surface area (Å²) in [7, 11) is -1.12. The lowest BCUT2D eigenvalue weighted by Crippen LogP contribution is -2.13. The lowest BCUT2D eigenvalue weighted by molar-refractivity contribution is 0.348. The molecule has 174 valence electrons. The molecule has 4 rings (SSSR count). The van der Waals surface area contributed by atoms with Gasteiger partial charge in [0.25, 0.3) is 15.9 Å². The molecule has 0 spiro atoms. The van der Waals surface area contributed by atoms with Crippen LogP contribution in [0.1, 0.15) is 5.56 Å². The number of methoxy groups -OCH3 is 2. The van der Waals surface area contributed by atoms with E-state index in [1.165, 1.54) is 44.0 Å². The summed E-state index contributed by atoms with van der Waals surface area (Å²) in [4.78, 5) is 16.9. The Labute approximate surface area is 200 Å². The van der Waals surface area contributed by atoms with Gasteiger partial charge in [0.05, 0.1) is 19.6 Å². The maximum absolute atomic E-state index is 12.9. The number of nitrogens with one attached hydrogen (secondary N) is 1. The number of rotatable bonds is 9. The molecule has 1 aromatic carbocycles.